The van der Waals surface area contributed by atoms with E-state index in [1.54, 1.807) is 25.3 Å². The lowest BCUT2D eigenvalue weighted by atomic mass is 9.88. The van der Waals surface area contributed by atoms with Crippen molar-refractivity contribution < 1.29 is 19.4 Å². The number of carboxylic acids is 1. The smallest absolute Gasteiger partial charge is 0.337 e. The minimum absolute atomic E-state index is 0.0769. The Morgan fingerprint density at radius 1 is 1.20 bits per heavy atom. The average molecular weight is 405 g/mol. The first-order chi connectivity index (χ1) is 14.5. The maximum Gasteiger partial charge on any atom is 0.337 e. The predicted molar refractivity (Wildman–Crippen MR) is 113 cm³/mol. The number of nitrogens with zero attached hydrogens (tertiary/aromatic N) is 2. The number of aromatic nitrogens is 2. The molecule has 0 unspecified atom stereocenters. The molecule has 1 aliphatic rings. The van der Waals surface area contributed by atoms with Gasteiger partial charge in [-0.3, -0.25) is 9.48 Å². The molecule has 4 rings (SSSR count). The molecular weight excluding hydrogens is 382 g/mol. The lowest BCUT2D eigenvalue weighted by molar-refractivity contribution is -0.116. The fourth-order valence-corrected chi connectivity index (χ4v) is 4.04. The number of carboxylic acid groups (broad SMARTS) is 1. The van der Waals surface area contributed by atoms with Crippen LogP contribution in [0.2, 0.25) is 0 Å². The van der Waals surface area contributed by atoms with Crippen LogP contribution in [-0.4, -0.2) is 33.9 Å². The number of carbonyl (C=O) groups is 2. The first-order valence-electron chi connectivity index (χ1n) is 9.82. The van der Waals surface area contributed by atoms with E-state index in [4.69, 9.17) is 4.74 Å². The van der Waals surface area contributed by atoms with Gasteiger partial charge in [0, 0.05) is 31.0 Å². The number of hydrogen-bond donors (Lipinski definition) is 2. The van der Waals surface area contributed by atoms with E-state index >= 15 is 0 Å². The van der Waals surface area contributed by atoms with Crippen LogP contribution in [-0.2, 0) is 31.1 Å². The summed E-state index contributed by atoms with van der Waals surface area (Å²) >= 11 is 0. The summed E-state index contributed by atoms with van der Waals surface area (Å²) in [5.41, 5.74) is 5.95. The molecule has 1 heterocycles. The number of benzene rings is 2. The van der Waals surface area contributed by atoms with Gasteiger partial charge in [-0.25, -0.2) is 4.79 Å². The van der Waals surface area contributed by atoms with E-state index in [9.17, 15) is 14.7 Å². The summed E-state index contributed by atoms with van der Waals surface area (Å²) in [7, 11) is 3.59. The van der Waals surface area contributed by atoms with Gasteiger partial charge < -0.3 is 15.2 Å². The Hall–Kier alpha value is -3.61. The molecule has 30 heavy (non-hydrogen) atoms. The molecule has 3 aromatic rings. The van der Waals surface area contributed by atoms with E-state index in [2.05, 4.69) is 22.5 Å². The molecule has 1 aliphatic carbocycles. The van der Waals surface area contributed by atoms with E-state index in [1.807, 2.05) is 17.8 Å². The number of anilines is 1. The van der Waals surface area contributed by atoms with Crippen LogP contribution in [0, 0.1) is 0 Å². The molecule has 2 N–H and O–H groups in total. The summed E-state index contributed by atoms with van der Waals surface area (Å²) in [5, 5.41) is 16.6. The van der Waals surface area contributed by atoms with Gasteiger partial charge in [-0.1, -0.05) is 12.1 Å². The molecule has 0 spiro atoms. The molecule has 2 aromatic carbocycles. The van der Waals surface area contributed by atoms with Crippen molar-refractivity contribution in [2.45, 2.75) is 25.7 Å². The van der Waals surface area contributed by atoms with Gasteiger partial charge in [-0.2, -0.15) is 5.10 Å². The van der Waals surface area contributed by atoms with Crippen LogP contribution in [0.4, 0.5) is 5.69 Å². The Bertz CT molecular complexity index is 1130. The van der Waals surface area contributed by atoms with E-state index in [-0.39, 0.29) is 17.9 Å². The quantitative estimate of drug-likeness (QED) is 0.655. The first-order valence-corrected chi connectivity index (χ1v) is 9.82. The van der Waals surface area contributed by atoms with Crippen LogP contribution < -0.4 is 10.1 Å². The number of carbonyl (C=O) groups excluding carboxylic acids is 1. The Labute approximate surface area is 174 Å². The minimum atomic E-state index is -1.07. The number of rotatable bonds is 6. The van der Waals surface area contributed by atoms with Crippen LogP contribution in [0.15, 0.2) is 42.5 Å². The second kappa shape index (κ2) is 8.02. The van der Waals surface area contributed by atoms with E-state index in [1.165, 1.54) is 17.2 Å². The highest BCUT2D eigenvalue weighted by Crippen LogP contribution is 2.37. The van der Waals surface area contributed by atoms with Gasteiger partial charge in [-0.05, 0) is 48.7 Å². The van der Waals surface area contributed by atoms with Crippen LogP contribution in [0.25, 0.3) is 11.3 Å². The third-order valence-corrected chi connectivity index (χ3v) is 5.46. The lowest BCUT2D eigenvalue weighted by Gasteiger charge is -2.18. The van der Waals surface area contributed by atoms with Gasteiger partial charge in [0.2, 0.25) is 5.91 Å². The zero-order chi connectivity index (χ0) is 21.3. The number of hydrogen-bond acceptors (Lipinski definition) is 4. The number of nitrogens with one attached hydrogen (secondary N) is 1. The Morgan fingerprint density at radius 3 is 2.77 bits per heavy atom. The molecule has 0 fully saturated rings. The summed E-state index contributed by atoms with van der Waals surface area (Å²) in [4.78, 5) is 23.8. The number of amides is 1. The van der Waals surface area contributed by atoms with Crippen molar-refractivity contribution in [2.24, 2.45) is 7.05 Å². The van der Waals surface area contributed by atoms with Crippen molar-refractivity contribution in [1.82, 2.24) is 9.78 Å². The van der Waals surface area contributed by atoms with Gasteiger partial charge in [0.15, 0.2) is 0 Å². The molecule has 1 aromatic heterocycles. The number of methoxy groups -OCH3 is 1. The van der Waals surface area contributed by atoms with Crippen molar-refractivity contribution in [2.75, 3.05) is 12.4 Å². The second-order valence-corrected chi connectivity index (χ2v) is 7.32. The standard InChI is InChI=1S/C23H23N3O4/c1-26-22-16-10-8-15(30-2)13-14(16)7-9-17(22)20(25-26)11-12-21(27)24-19-6-4-3-5-18(19)23(28)29/h3-6,8,10,13H,7,9,11-12H2,1-2H3,(H,24,27)(H,28,29). The predicted octanol–water partition coefficient (Wildman–Crippen LogP) is 3.46. The van der Waals surface area contributed by atoms with Gasteiger partial charge in [0.05, 0.1) is 29.7 Å². The summed E-state index contributed by atoms with van der Waals surface area (Å²) in [6, 6.07) is 12.5. The normalized spacial score (nSPS) is 12.1. The molecule has 154 valence electrons. The fraction of sp³-hybridized carbons (Fsp3) is 0.261. The second-order valence-electron chi connectivity index (χ2n) is 7.32. The molecule has 0 bridgehead atoms. The fourth-order valence-electron chi connectivity index (χ4n) is 4.04. The zero-order valence-corrected chi connectivity index (χ0v) is 16.9. The molecule has 1 amide bonds. The summed E-state index contributed by atoms with van der Waals surface area (Å²) < 4.78 is 7.22. The number of para-hydroxylation sites is 1. The molecule has 7 nitrogen and oxygen atoms in total. The lowest BCUT2D eigenvalue weighted by Crippen LogP contribution is -2.15. The van der Waals surface area contributed by atoms with Gasteiger partial charge in [-0.15, -0.1) is 0 Å². The third-order valence-electron chi connectivity index (χ3n) is 5.46. The van der Waals surface area contributed by atoms with Crippen LogP contribution in [0.1, 0.15) is 33.6 Å². The van der Waals surface area contributed by atoms with Crippen LogP contribution in [0.5, 0.6) is 5.75 Å². The Morgan fingerprint density at radius 2 is 2.00 bits per heavy atom. The van der Waals surface area contributed by atoms with Gasteiger partial charge >= 0.3 is 5.97 Å². The van der Waals surface area contributed by atoms with E-state index in [0.29, 0.717) is 12.1 Å². The summed E-state index contributed by atoms with van der Waals surface area (Å²) in [6.07, 6.45) is 2.49. The van der Waals surface area contributed by atoms with Crippen LogP contribution in [0.3, 0.4) is 0 Å². The molecule has 0 saturated carbocycles. The minimum Gasteiger partial charge on any atom is -0.497 e. The maximum atomic E-state index is 12.5. The maximum absolute atomic E-state index is 12.5. The summed E-state index contributed by atoms with van der Waals surface area (Å²) in [5.74, 6) is -0.457. The molecule has 0 aliphatic heterocycles. The highest BCUT2D eigenvalue weighted by atomic mass is 16.5. The Kier molecular flexibility index (Phi) is 5.27. The molecule has 0 saturated heterocycles. The number of fused-ring (bicyclic) bond motifs is 3. The van der Waals surface area contributed by atoms with Crippen molar-refractivity contribution in [3.8, 4) is 17.0 Å². The SMILES string of the molecule is COc1ccc2c(c1)CCc1c(CCC(=O)Nc3ccccc3C(=O)O)nn(C)c1-2. The zero-order valence-electron chi connectivity index (χ0n) is 16.9. The number of aromatic carboxylic acids is 1. The van der Waals surface area contributed by atoms with Crippen molar-refractivity contribution in [3.05, 3.63) is 64.8 Å². The molecule has 0 radical (unpaired) electrons. The monoisotopic (exact) mass is 405 g/mol. The topological polar surface area (TPSA) is 93.4 Å². The highest BCUT2D eigenvalue weighted by Gasteiger charge is 2.24. The first kappa shape index (κ1) is 19.7. The van der Waals surface area contributed by atoms with Crippen molar-refractivity contribution >= 4 is 17.6 Å². The number of aryl methyl sites for hydroxylation is 3. The van der Waals surface area contributed by atoms with Crippen molar-refractivity contribution in [3.63, 3.8) is 0 Å². The van der Waals surface area contributed by atoms with E-state index in [0.717, 1.165) is 35.5 Å². The van der Waals surface area contributed by atoms with Gasteiger partial charge in [0.25, 0.3) is 0 Å². The summed E-state index contributed by atoms with van der Waals surface area (Å²) in [6.45, 7) is 0. The largest absolute Gasteiger partial charge is 0.497 e. The molecular formula is C23H23N3O4. The highest BCUT2D eigenvalue weighted by molar-refractivity contribution is 6.00. The van der Waals surface area contributed by atoms with Crippen molar-refractivity contribution in [1.29, 1.82) is 0 Å². The third kappa shape index (κ3) is 3.66. The van der Waals surface area contributed by atoms with E-state index < -0.39 is 5.97 Å². The van der Waals surface area contributed by atoms with Gasteiger partial charge in [0.1, 0.15) is 5.75 Å². The molecule has 0 atom stereocenters. The Balaban J connectivity index is 1.51. The number of ether oxygens (including phenoxy) is 1. The average Bonchev–Trinajstić information content (AvgIpc) is 3.08. The molecule has 7 heteroatoms. The van der Waals surface area contributed by atoms with Crippen LogP contribution >= 0.6 is 0 Å².